The van der Waals surface area contributed by atoms with E-state index in [2.05, 4.69) is 20.4 Å². The number of primary amides is 1. The Balaban J connectivity index is 1.36. The van der Waals surface area contributed by atoms with Crippen molar-refractivity contribution in [1.29, 1.82) is 0 Å². The number of benzene rings is 4. The zero-order valence-corrected chi connectivity index (χ0v) is 21.7. The largest absolute Gasteiger partial charge is 0.367 e. The first-order chi connectivity index (χ1) is 19.4. The van der Waals surface area contributed by atoms with Crippen LogP contribution in [-0.4, -0.2) is 43.0 Å². The number of urea groups is 1. The topological polar surface area (TPSA) is 90.7 Å². The number of nitrogens with two attached hydrogens (primary N) is 1. The van der Waals surface area contributed by atoms with Gasteiger partial charge in [-0.05, 0) is 65.7 Å². The first-order valence-electron chi connectivity index (χ1n) is 12.9. The van der Waals surface area contributed by atoms with E-state index in [0.717, 1.165) is 16.8 Å². The number of hydrogen-bond donors (Lipinski definition) is 3. The molecule has 204 valence electrons. The van der Waals surface area contributed by atoms with Gasteiger partial charge in [0.25, 0.3) is 0 Å². The molecule has 3 amide bonds. The van der Waals surface area contributed by atoms with E-state index in [1.165, 1.54) is 24.3 Å². The van der Waals surface area contributed by atoms with Crippen LogP contribution in [0.2, 0.25) is 0 Å². The lowest BCUT2D eigenvalue weighted by Gasteiger charge is -2.41. The molecule has 0 aromatic heterocycles. The second kappa shape index (κ2) is 12.0. The smallest absolute Gasteiger partial charge is 0.323 e. The fraction of sp³-hybridized carbons (Fsp3) is 0.161. The molecule has 4 aromatic carbocycles. The first-order valence-corrected chi connectivity index (χ1v) is 12.9. The molecule has 40 heavy (non-hydrogen) atoms. The van der Waals surface area contributed by atoms with Crippen LogP contribution in [-0.2, 0) is 0 Å². The molecule has 0 aliphatic carbocycles. The van der Waals surface area contributed by atoms with Gasteiger partial charge in [-0.2, -0.15) is 0 Å². The maximum absolute atomic E-state index is 13.7. The van der Waals surface area contributed by atoms with Crippen LogP contribution < -0.4 is 21.3 Å². The molecule has 4 N–H and O–H groups in total. The van der Waals surface area contributed by atoms with Crippen LogP contribution >= 0.6 is 0 Å². The molecule has 1 aliphatic heterocycles. The number of carbonyl (C=O) groups is 2. The molecule has 9 heteroatoms. The Labute approximate surface area is 231 Å². The molecule has 4 aromatic rings. The number of amides is 3. The van der Waals surface area contributed by atoms with E-state index in [9.17, 15) is 18.4 Å². The van der Waals surface area contributed by atoms with Gasteiger partial charge < -0.3 is 21.3 Å². The third-order valence-corrected chi connectivity index (χ3v) is 6.95. The van der Waals surface area contributed by atoms with Crippen LogP contribution in [0.25, 0.3) is 0 Å². The zero-order valence-electron chi connectivity index (χ0n) is 21.7. The SMILES string of the molecule is NC(=O)c1ccc(N2CCN(C(c3ccc(F)cc3)c3ccc(F)cc3)CC2)c(NC(=O)Nc2ccccc2)c1. The number of nitrogens with zero attached hydrogens (tertiary/aromatic N) is 2. The summed E-state index contributed by atoms with van der Waals surface area (Å²) in [5.41, 5.74) is 9.47. The van der Waals surface area contributed by atoms with Crippen LogP contribution in [0.3, 0.4) is 0 Å². The summed E-state index contributed by atoms with van der Waals surface area (Å²) in [7, 11) is 0. The van der Waals surface area contributed by atoms with Crippen molar-refractivity contribution in [1.82, 2.24) is 4.90 Å². The third-order valence-electron chi connectivity index (χ3n) is 6.95. The van der Waals surface area contributed by atoms with Crippen molar-refractivity contribution in [3.05, 3.63) is 125 Å². The Morgan fingerprint density at radius 3 is 1.85 bits per heavy atom. The maximum Gasteiger partial charge on any atom is 0.323 e. The molecule has 0 spiro atoms. The Morgan fingerprint density at radius 1 is 0.725 bits per heavy atom. The highest BCUT2D eigenvalue weighted by molar-refractivity contribution is 6.03. The fourth-order valence-corrected chi connectivity index (χ4v) is 5.00. The lowest BCUT2D eigenvalue weighted by Crippen LogP contribution is -2.48. The molecule has 0 radical (unpaired) electrons. The number of rotatable bonds is 7. The zero-order chi connectivity index (χ0) is 28.1. The van der Waals surface area contributed by atoms with Gasteiger partial charge in [-0.1, -0.05) is 42.5 Å². The predicted molar refractivity (Wildman–Crippen MR) is 152 cm³/mol. The van der Waals surface area contributed by atoms with Gasteiger partial charge in [0.2, 0.25) is 5.91 Å². The van der Waals surface area contributed by atoms with Crippen LogP contribution in [0.1, 0.15) is 27.5 Å². The van der Waals surface area contributed by atoms with Gasteiger partial charge in [0, 0.05) is 37.4 Å². The van der Waals surface area contributed by atoms with Crippen molar-refractivity contribution in [3.8, 4) is 0 Å². The van der Waals surface area contributed by atoms with Crippen molar-refractivity contribution in [2.75, 3.05) is 41.7 Å². The van der Waals surface area contributed by atoms with Crippen molar-refractivity contribution in [2.45, 2.75) is 6.04 Å². The predicted octanol–water partition coefficient (Wildman–Crippen LogP) is 5.62. The van der Waals surface area contributed by atoms with Crippen LogP contribution in [0, 0.1) is 11.6 Å². The van der Waals surface area contributed by atoms with Gasteiger partial charge in [-0.25, -0.2) is 13.6 Å². The number of carbonyl (C=O) groups excluding carboxylic acids is 2. The van der Waals surface area contributed by atoms with E-state index in [4.69, 9.17) is 5.73 Å². The minimum absolute atomic E-state index is 0.185. The molecular formula is C31H29F2N5O2. The third kappa shape index (κ3) is 6.27. The van der Waals surface area contributed by atoms with Gasteiger partial charge in [0.05, 0.1) is 17.4 Å². The van der Waals surface area contributed by atoms with Crippen molar-refractivity contribution < 1.29 is 18.4 Å². The molecule has 1 aliphatic rings. The van der Waals surface area contributed by atoms with E-state index in [-0.39, 0.29) is 23.2 Å². The Bertz CT molecular complexity index is 1430. The minimum atomic E-state index is -0.593. The summed E-state index contributed by atoms with van der Waals surface area (Å²) in [4.78, 5) is 29.1. The lowest BCUT2D eigenvalue weighted by atomic mass is 9.96. The van der Waals surface area contributed by atoms with E-state index < -0.39 is 11.9 Å². The van der Waals surface area contributed by atoms with E-state index in [1.807, 2.05) is 18.2 Å². The maximum atomic E-state index is 13.7. The summed E-state index contributed by atoms with van der Waals surface area (Å²) in [6, 6.07) is 26.2. The van der Waals surface area contributed by atoms with Crippen molar-refractivity contribution in [2.24, 2.45) is 5.73 Å². The molecule has 0 atom stereocenters. The highest BCUT2D eigenvalue weighted by atomic mass is 19.1. The summed E-state index contributed by atoms with van der Waals surface area (Å²) < 4.78 is 27.4. The molecule has 1 heterocycles. The quantitative estimate of drug-likeness (QED) is 0.283. The summed E-state index contributed by atoms with van der Waals surface area (Å²) in [5.74, 6) is -1.23. The Morgan fingerprint density at radius 2 is 1.30 bits per heavy atom. The standard InChI is InChI=1S/C31H29F2N5O2/c32-24-11-6-21(7-12-24)29(22-8-13-25(33)14-9-22)38-18-16-37(17-19-38)28-15-10-23(30(34)39)20-27(28)36-31(40)35-26-4-2-1-3-5-26/h1-15,20,29H,16-19H2,(H2,34,39)(H2,35,36,40). The van der Waals surface area contributed by atoms with Gasteiger partial charge in [-0.15, -0.1) is 0 Å². The molecule has 5 rings (SSSR count). The number of hydrogen-bond acceptors (Lipinski definition) is 4. The van der Waals surface area contributed by atoms with Gasteiger partial charge in [-0.3, -0.25) is 9.69 Å². The minimum Gasteiger partial charge on any atom is -0.367 e. The summed E-state index contributed by atoms with van der Waals surface area (Å²) in [5, 5.41) is 5.65. The number of piperazine rings is 1. The van der Waals surface area contributed by atoms with Crippen molar-refractivity contribution in [3.63, 3.8) is 0 Å². The monoisotopic (exact) mass is 541 g/mol. The van der Waals surface area contributed by atoms with E-state index in [1.54, 1.807) is 54.6 Å². The number of para-hydroxylation sites is 1. The van der Waals surface area contributed by atoms with E-state index >= 15 is 0 Å². The molecule has 7 nitrogen and oxygen atoms in total. The molecule has 0 bridgehead atoms. The molecule has 1 fully saturated rings. The Kier molecular flexibility index (Phi) is 8.02. The Hall–Kier alpha value is -4.76. The second-order valence-corrected chi connectivity index (χ2v) is 9.57. The molecular weight excluding hydrogens is 512 g/mol. The average Bonchev–Trinajstić information content (AvgIpc) is 2.96. The highest BCUT2D eigenvalue weighted by Crippen LogP contribution is 2.33. The molecule has 0 saturated carbocycles. The number of nitrogens with one attached hydrogen (secondary N) is 2. The lowest BCUT2D eigenvalue weighted by molar-refractivity contribution is 0.1000. The number of anilines is 3. The summed E-state index contributed by atoms with van der Waals surface area (Å²) in [6.07, 6.45) is 0. The number of halogens is 2. The van der Waals surface area contributed by atoms with Gasteiger partial charge in [0.1, 0.15) is 11.6 Å². The van der Waals surface area contributed by atoms with E-state index in [0.29, 0.717) is 37.6 Å². The fourth-order valence-electron chi connectivity index (χ4n) is 5.00. The average molecular weight is 542 g/mol. The second-order valence-electron chi connectivity index (χ2n) is 9.57. The van der Waals surface area contributed by atoms with Crippen LogP contribution in [0.4, 0.5) is 30.6 Å². The van der Waals surface area contributed by atoms with Crippen LogP contribution in [0.15, 0.2) is 97.1 Å². The molecule has 1 saturated heterocycles. The van der Waals surface area contributed by atoms with Crippen LogP contribution in [0.5, 0.6) is 0 Å². The first kappa shape index (κ1) is 26.8. The van der Waals surface area contributed by atoms with Gasteiger partial charge in [0.15, 0.2) is 0 Å². The van der Waals surface area contributed by atoms with Gasteiger partial charge >= 0.3 is 6.03 Å². The summed E-state index contributed by atoms with van der Waals surface area (Å²) >= 11 is 0. The highest BCUT2D eigenvalue weighted by Gasteiger charge is 2.28. The normalized spacial score (nSPS) is 13.7. The molecule has 0 unspecified atom stereocenters. The van der Waals surface area contributed by atoms with Crippen molar-refractivity contribution >= 4 is 29.0 Å². The summed E-state index contributed by atoms with van der Waals surface area (Å²) in [6.45, 7) is 2.52.